The average Bonchev–Trinajstić information content (AvgIpc) is 2.96. The average molecular weight is 408 g/mol. The lowest BCUT2D eigenvalue weighted by molar-refractivity contribution is -0.148. The molecule has 1 unspecified atom stereocenters. The minimum absolute atomic E-state index is 0.245. The normalized spacial score (nSPS) is 20.4. The minimum Gasteiger partial charge on any atom is -0.457 e. The van der Waals surface area contributed by atoms with Gasteiger partial charge in [-0.25, -0.2) is 0 Å². The summed E-state index contributed by atoms with van der Waals surface area (Å²) in [6.07, 6.45) is 0.331. The lowest BCUT2D eigenvalue weighted by Gasteiger charge is -2.13. The number of benzene rings is 1. The number of alkyl halides is 2. The zero-order valence-electron chi connectivity index (χ0n) is 16.2. The van der Waals surface area contributed by atoms with E-state index in [4.69, 9.17) is 27.9 Å². The second-order valence-corrected chi connectivity index (χ2v) is 9.09. The van der Waals surface area contributed by atoms with E-state index in [0.717, 1.165) is 17.1 Å². The standard InChI is InChI=1S/C21H23Cl2NO3/c1-12-6-7-16(8-13(12)2)24-14(3)9-17(15(24)4)18(25)10-27-19(26)20(5)11-21(20,22)23/h6-9H,10-11H2,1-5H3. The number of esters is 1. The van der Waals surface area contributed by atoms with Gasteiger partial charge in [-0.15, -0.1) is 23.2 Å². The maximum atomic E-state index is 12.6. The molecule has 1 aliphatic carbocycles. The summed E-state index contributed by atoms with van der Waals surface area (Å²) in [6.45, 7) is 9.29. The van der Waals surface area contributed by atoms with E-state index in [1.54, 1.807) is 6.92 Å². The highest BCUT2D eigenvalue weighted by molar-refractivity contribution is 6.53. The Hall–Kier alpha value is -1.78. The first-order valence-electron chi connectivity index (χ1n) is 8.83. The Kier molecular flexibility index (Phi) is 4.94. The Morgan fingerprint density at radius 1 is 1.11 bits per heavy atom. The van der Waals surface area contributed by atoms with Crippen molar-refractivity contribution in [1.29, 1.82) is 0 Å². The molecule has 0 aliphatic heterocycles. The molecule has 144 valence electrons. The number of rotatable bonds is 5. The molecular weight excluding hydrogens is 385 g/mol. The van der Waals surface area contributed by atoms with Gasteiger partial charge in [-0.1, -0.05) is 6.07 Å². The molecule has 1 aliphatic rings. The SMILES string of the molecule is Cc1ccc(-n2c(C)cc(C(=O)COC(=O)C3(C)CC3(Cl)Cl)c2C)cc1C. The molecule has 3 rings (SSSR count). The van der Waals surface area contributed by atoms with Crippen LogP contribution in [0.4, 0.5) is 0 Å². The molecule has 0 N–H and O–H groups in total. The summed E-state index contributed by atoms with van der Waals surface area (Å²) in [4.78, 5) is 24.8. The second-order valence-electron chi connectivity index (χ2n) is 7.60. The lowest BCUT2D eigenvalue weighted by Crippen LogP contribution is -2.24. The highest BCUT2D eigenvalue weighted by Crippen LogP contribution is 2.64. The monoisotopic (exact) mass is 407 g/mol. The van der Waals surface area contributed by atoms with Crippen molar-refractivity contribution in [3.05, 3.63) is 52.3 Å². The van der Waals surface area contributed by atoms with Gasteiger partial charge in [0.15, 0.2) is 6.61 Å². The van der Waals surface area contributed by atoms with Gasteiger partial charge in [0.05, 0.1) is 0 Å². The van der Waals surface area contributed by atoms with Crippen molar-refractivity contribution in [2.45, 2.75) is 45.4 Å². The zero-order valence-corrected chi connectivity index (χ0v) is 17.7. The van der Waals surface area contributed by atoms with Gasteiger partial charge in [-0.3, -0.25) is 9.59 Å². The number of carbonyl (C=O) groups excluding carboxylic acids is 2. The fraction of sp³-hybridized carbons (Fsp3) is 0.429. The number of carbonyl (C=O) groups is 2. The molecule has 1 aromatic carbocycles. The predicted octanol–water partition coefficient (Wildman–Crippen LogP) is 5.02. The number of halogens is 2. The number of ether oxygens (including phenoxy) is 1. The van der Waals surface area contributed by atoms with E-state index in [1.807, 2.05) is 30.5 Å². The fourth-order valence-corrected chi connectivity index (χ4v) is 3.99. The van der Waals surface area contributed by atoms with Crippen molar-refractivity contribution >= 4 is 35.0 Å². The maximum absolute atomic E-state index is 12.6. The molecule has 1 heterocycles. The predicted molar refractivity (Wildman–Crippen MR) is 107 cm³/mol. The Bertz CT molecular complexity index is 945. The van der Waals surface area contributed by atoms with Crippen molar-refractivity contribution in [1.82, 2.24) is 4.57 Å². The van der Waals surface area contributed by atoms with Crippen LogP contribution in [0.2, 0.25) is 0 Å². The van der Waals surface area contributed by atoms with Crippen molar-refractivity contribution < 1.29 is 14.3 Å². The van der Waals surface area contributed by atoms with Gasteiger partial charge in [0.25, 0.3) is 0 Å². The van der Waals surface area contributed by atoms with Gasteiger partial charge >= 0.3 is 5.97 Å². The number of Topliss-reactive ketones (excluding diaryl/α,β-unsaturated/α-hetero) is 1. The summed E-state index contributed by atoms with van der Waals surface area (Å²) in [7, 11) is 0. The largest absolute Gasteiger partial charge is 0.457 e. The van der Waals surface area contributed by atoms with Crippen LogP contribution >= 0.6 is 23.2 Å². The molecule has 1 saturated carbocycles. The molecule has 1 fully saturated rings. The van der Waals surface area contributed by atoms with E-state index in [-0.39, 0.29) is 12.4 Å². The van der Waals surface area contributed by atoms with E-state index >= 15 is 0 Å². The van der Waals surface area contributed by atoms with Crippen molar-refractivity contribution in [3.63, 3.8) is 0 Å². The van der Waals surface area contributed by atoms with E-state index in [9.17, 15) is 9.59 Å². The number of ketones is 1. The van der Waals surface area contributed by atoms with Crippen LogP contribution in [0.1, 0.15) is 46.2 Å². The molecule has 0 bridgehead atoms. The highest BCUT2D eigenvalue weighted by Gasteiger charge is 2.69. The topological polar surface area (TPSA) is 48.3 Å². The van der Waals surface area contributed by atoms with Crippen LogP contribution in [0.25, 0.3) is 5.69 Å². The number of aryl methyl sites for hydroxylation is 3. The summed E-state index contributed by atoms with van der Waals surface area (Å²) >= 11 is 12.0. The summed E-state index contributed by atoms with van der Waals surface area (Å²) in [5.41, 5.74) is 4.77. The Morgan fingerprint density at radius 2 is 1.74 bits per heavy atom. The zero-order chi connectivity index (χ0) is 20.1. The van der Waals surface area contributed by atoms with E-state index in [2.05, 4.69) is 26.0 Å². The molecule has 2 aromatic rings. The third-order valence-corrected chi connectivity index (χ3v) is 6.62. The second kappa shape index (κ2) is 6.68. The molecule has 4 nitrogen and oxygen atoms in total. The molecule has 6 heteroatoms. The Balaban J connectivity index is 1.79. The van der Waals surface area contributed by atoms with E-state index in [1.165, 1.54) is 11.1 Å². The molecule has 0 radical (unpaired) electrons. The summed E-state index contributed by atoms with van der Waals surface area (Å²) in [6, 6.07) is 8.02. The molecule has 27 heavy (non-hydrogen) atoms. The molecular formula is C21H23Cl2NO3. The van der Waals surface area contributed by atoms with Crippen molar-refractivity contribution in [2.24, 2.45) is 5.41 Å². The summed E-state index contributed by atoms with van der Waals surface area (Å²) in [5.74, 6) is -0.783. The van der Waals surface area contributed by atoms with E-state index < -0.39 is 15.7 Å². The molecule has 1 atom stereocenters. The van der Waals surface area contributed by atoms with Crippen LogP contribution in [0.5, 0.6) is 0 Å². The van der Waals surface area contributed by atoms with Gasteiger partial charge < -0.3 is 9.30 Å². The number of hydrogen-bond acceptors (Lipinski definition) is 3. The van der Waals surface area contributed by atoms with Crippen molar-refractivity contribution in [3.8, 4) is 5.69 Å². The Labute approximate surface area is 169 Å². The van der Waals surface area contributed by atoms with Crippen LogP contribution in [-0.2, 0) is 9.53 Å². The quantitative estimate of drug-likeness (QED) is 0.397. The first kappa shape index (κ1) is 20.0. The fourth-order valence-electron chi connectivity index (χ4n) is 3.30. The first-order valence-corrected chi connectivity index (χ1v) is 9.58. The van der Waals surface area contributed by atoms with Crippen LogP contribution < -0.4 is 0 Å². The van der Waals surface area contributed by atoms with Crippen molar-refractivity contribution in [2.75, 3.05) is 6.61 Å². The smallest absolute Gasteiger partial charge is 0.315 e. The maximum Gasteiger partial charge on any atom is 0.315 e. The number of nitrogens with zero attached hydrogens (tertiary/aromatic N) is 1. The first-order chi connectivity index (χ1) is 12.5. The Morgan fingerprint density at radius 3 is 2.30 bits per heavy atom. The summed E-state index contributed by atoms with van der Waals surface area (Å²) < 4.78 is 6.13. The minimum atomic E-state index is -1.10. The lowest BCUT2D eigenvalue weighted by atomic mass is 10.1. The number of hydrogen-bond donors (Lipinski definition) is 0. The molecule has 1 aromatic heterocycles. The van der Waals surface area contributed by atoms with Crippen LogP contribution in [0.15, 0.2) is 24.3 Å². The highest BCUT2D eigenvalue weighted by atomic mass is 35.5. The molecule has 0 amide bonds. The molecule has 0 saturated heterocycles. The van der Waals surface area contributed by atoms with Crippen LogP contribution in [0, 0.1) is 33.1 Å². The van der Waals surface area contributed by atoms with E-state index in [0.29, 0.717) is 12.0 Å². The van der Waals surface area contributed by atoms with Gasteiger partial charge in [0.1, 0.15) is 9.75 Å². The van der Waals surface area contributed by atoms with Crippen LogP contribution in [-0.4, -0.2) is 27.3 Å². The summed E-state index contributed by atoms with van der Waals surface area (Å²) in [5, 5.41) is 0. The third kappa shape index (κ3) is 3.41. The van der Waals surface area contributed by atoms with Gasteiger partial charge in [0, 0.05) is 29.1 Å². The van der Waals surface area contributed by atoms with Gasteiger partial charge in [0.2, 0.25) is 5.78 Å². The van der Waals surface area contributed by atoms with Gasteiger partial charge in [-0.05, 0) is 63.9 Å². The van der Waals surface area contributed by atoms with Crippen LogP contribution in [0.3, 0.4) is 0 Å². The van der Waals surface area contributed by atoms with Gasteiger partial charge in [-0.2, -0.15) is 0 Å². The number of aromatic nitrogens is 1. The third-order valence-electron chi connectivity index (χ3n) is 5.52. The molecule has 0 spiro atoms.